The van der Waals surface area contributed by atoms with Crippen molar-refractivity contribution in [2.24, 2.45) is 0 Å². The van der Waals surface area contributed by atoms with E-state index in [0.717, 1.165) is 0 Å². The number of carbonyl (C=O) groups excluding carboxylic acids is 2. The van der Waals surface area contributed by atoms with Crippen molar-refractivity contribution in [1.82, 2.24) is 0 Å². The fourth-order valence-electron chi connectivity index (χ4n) is 4.02. The summed E-state index contributed by atoms with van der Waals surface area (Å²) in [6.07, 6.45) is 0. The number of furan rings is 1. The highest BCUT2D eigenvalue weighted by atomic mass is 16.5. The second kappa shape index (κ2) is 12.4. The number of anilines is 1. The Hall–Kier alpha value is -5.43. The number of carbonyl (C=O) groups is 2. The van der Waals surface area contributed by atoms with E-state index in [1.165, 1.54) is 20.3 Å². The molecule has 0 bridgehead atoms. The monoisotopic (exact) mass is 542 g/mol. The standard InChI is InChI=1S/C30H26N2O8/c1-35-20-12-8-18(9-13-20)26-23(16-31)29(40-27(26)19-10-14-21(36-2)15-11-19)32-25(33)17-39-30(34)22-6-5-7-24(37-3)28(22)38-4/h5-15H,17H2,1-4H3,(H,32,33). The Bertz CT molecular complexity index is 1550. The minimum absolute atomic E-state index is 0.0841. The van der Waals surface area contributed by atoms with Crippen molar-refractivity contribution >= 4 is 17.8 Å². The molecule has 0 unspecified atom stereocenters. The first-order valence-corrected chi connectivity index (χ1v) is 12.0. The van der Waals surface area contributed by atoms with Crippen molar-refractivity contribution in [1.29, 1.82) is 5.26 Å². The lowest BCUT2D eigenvalue weighted by Gasteiger charge is -2.11. The van der Waals surface area contributed by atoms with Gasteiger partial charge in [-0.3, -0.25) is 10.1 Å². The maximum atomic E-state index is 12.8. The molecule has 1 heterocycles. The number of hydrogen-bond acceptors (Lipinski definition) is 9. The van der Waals surface area contributed by atoms with Crippen LogP contribution in [0.25, 0.3) is 22.5 Å². The number of benzene rings is 3. The molecule has 1 N–H and O–H groups in total. The summed E-state index contributed by atoms with van der Waals surface area (Å²) in [7, 11) is 5.95. The number of nitrogens with zero attached hydrogens (tertiary/aromatic N) is 1. The van der Waals surface area contributed by atoms with Gasteiger partial charge in [0, 0.05) is 11.1 Å². The van der Waals surface area contributed by atoms with Gasteiger partial charge < -0.3 is 28.1 Å². The zero-order valence-electron chi connectivity index (χ0n) is 22.3. The number of esters is 1. The van der Waals surface area contributed by atoms with Crippen LogP contribution in [-0.4, -0.2) is 46.9 Å². The highest BCUT2D eigenvalue weighted by Gasteiger charge is 2.25. The Kier molecular flexibility index (Phi) is 8.56. The van der Waals surface area contributed by atoms with Gasteiger partial charge in [-0.1, -0.05) is 18.2 Å². The van der Waals surface area contributed by atoms with Gasteiger partial charge in [-0.25, -0.2) is 4.79 Å². The van der Waals surface area contributed by atoms with Crippen LogP contribution in [0.2, 0.25) is 0 Å². The third-order valence-corrected chi connectivity index (χ3v) is 5.96. The summed E-state index contributed by atoms with van der Waals surface area (Å²) in [5.74, 6) is 0.586. The molecule has 0 aliphatic heterocycles. The van der Waals surface area contributed by atoms with Crippen LogP contribution in [-0.2, 0) is 9.53 Å². The number of nitriles is 1. The molecule has 0 saturated carbocycles. The molecule has 0 aliphatic rings. The molecule has 0 fully saturated rings. The quantitative estimate of drug-likeness (QED) is 0.265. The van der Waals surface area contributed by atoms with Crippen molar-refractivity contribution in [2.75, 3.05) is 40.4 Å². The number of para-hydroxylation sites is 1. The third-order valence-electron chi connectivity index (χ3n) is 5.96. The Labute approximate surface area is 230 Å². The lowest BCUT2D eigenvalue weighted by atomic mass is 9.98. The highest BCUT2D eigenvalue weighted by Crippen LogP contribution is 2.42. The molecule has 0 aliphatic carbocycles. The van der Waals surface area contributed by atoms with Crippen LogP contribution < -0.4 is 24.3 Å². The number of amides is 1. The van der Waals surface area contributed by atoms with E-state index in [-0.39, 0.29) is 22.8 Å². The number of ether oxygens (including phenoxy) is 5. The predicted octanol–water partition coefficient (Wildman–Crippen LogP) is 5.32. The van der Waals surface area contributed by atoms with Crippen LogP contribution in [0.15, 0.2) is 71.1 Å². The van der Waals surface area contributed by atoms with Gasteiger partial charge in [0.1, 0.15) is 34.5 Å². The molecule has 10 heteroatoms. The van der Waals surface area contributed by atoms with E-state index in [2.05, 4.69) is 11.4 Å². The first-order valence-electron chi connectivity index (χ1n) is 12.0. The highest BCUT2D eigenvalue weighted by molar-refractivity contribution is 5.99. The van der Waals surface area contributed by atoms with Crippen molar-refractivity contribution in [3.05, 3.63) is 77.9 Å². The van der Waals surface area contributed by atoms with Gasteiger partial charge in [0.25, 0.3) is 5.91 Å². The van der Waals surface area contributed by atoms with E-state index >= 15 is 0 Å². The van der Waals surface area contributed by atoms with E-state index in [1.807, 2.05) is 0 Å². The summed E-state index contributed by atoms with van der Waals surface area (Å²) in [5.41, 5.74) is 1.99. The summed E-state index contributed by atoms with van der Waals surface area (Å²) in [6.45, 7) is -0.638. The van der Waals surface area contributed by atoms with Crippen LogP contribution in [0.5, 0.6) is 23.0 Å². The van der Waals surface area contributed by atoms with Crippen LogP contribution in [0.1, 0.15) is 15.9 Å². The summed E-state index contributed by atoms with van der Waals surface area (Å²) < 4.78 is 32.2. The summed E-state index contributed by atoms with van der Waals surface area (Å²) >= 11 is 0. The minimum atomic E-state index is -0.788. The molecule has 0 atom stereocenters. The third kappa shape index (κ3) is 5.68. The van der Waals surface area contributed by atoms with Crippen LogP contribution in [0.4, 0.5) is 5.88 Å². The van der Waals surface area contributed by atoms with Crippen molar-refractivity contribution < 1.29 is 37.7 Å². The smallest absolute Gasteiger partial charge is 0.342 e. The maximum Gasteiger partial charge on any atom is 0.342 e. The molecule has 4 rings (SSSR count). The Morgan fingerprint density at radius 1 is 0.825 bits per heavy atom. The van der Waals surface area contributed by atoms with E-state index in [0.29, 0.717) is 39.7 Å². The average Bonchev–Trinajstić information content (AvgIpc) is 3.37. The van der Waals surface area contributed by atoms with E-state index in [4.69, 9.17) is 28.1 Å². The normalized spacial score (nSPS) is 10.3. The van der Waals surface area contributed by atoms with Gasteiger partial charge in [-0.05, 0) is 54.1 Å². The fourth-order valence-corrected chi connectivity index (χ4v) is 4.02. The van der Waals surface area contributed by atoms with Crippen molar-refractivity contribution in [2.45, 2.75) is 0 Å². The second-order valence-corrected chi connectivity index (χ2v) is 8.24. The van der Waals surface area contributed by atoms with Crippen molar-refractivity contribution in [3.63, 3.8) is 0 Å². The summed E-state index contributed by atoms with van der Waals surface area (Å²) in [4.78, 5) is 25.5. The lowest BCUT2D eigenvalue weighted by Crippen LogP contribution is -2.21. The lowest BCUT2D eigenvalue weighted by molar-refractivity contribution is -0.119. The topological polar surface area (TPSA) is 129 Å². The molecule has 3 aromatic carbocycles. The zero-order chi connectivity index (χ0) is 28.6. The van der Waals surface area contributed by atoms with Gasteiger partial charge in [0.2, 0.25) is 5.88 Å². The van der Waals surface area contributed by atoms with Gasteiger partial charge in [0.05, 0.1) is 28.4 Å². The number of nitrogens with one attached hydrogen (secondary N) is 1. The molecule has 40 heavy (non-hydrogen) atoms. The molecular formula is C30H26N2O8. The van der Waals surface area contributed by atoms with E-state index in [9.17, 15) is 14.9 Å². The maximum absolute atomic E-state index is 12.8. The van der Waals surface area contributed by atoms with Crippen molar-refractivity contribution in [3.8, 4) is 51.5 Å². The number of hydrogen-bond donors (Lipinski definition) is 1. The van der Waals surface area contributed by atoms with E-state index in [1.54, 1.807) is 74.9 Å². The summed E-state index contributed by atoms with van der Waals surface area (Å²) in [6, 6.07) is 21.0. The average molecular weight is 543 g/mol. The van der Waals surface area contributed by atoms with E-state index < -0.39 is 18.5 Å². The SMILES string of the molecule is COc1ccc(-c2oc(NC(=O)COC(=O)c3cccc(OC)c3OC)c(C#N)c2-c2ccc(OC)cc2)cc1. The Morgan fingerprint density at radius 2 is 1.45 bits per heavy atom. The molecular weight excluding hydrogens is 516 g/mol. The fraction of sp³-hybridized carbons (Fsp3) is 0.167. The Balaban J connectivity index is 1.63. The second-order valence-electron chi connectivity index (χ2n) is 8.24. The van der Waals surface area contributed by atoms with Crippen LogP contribution in [0.3, 0.4) is 0 Å². The molecule has 0 saturated heterocycles. The molecule has 204 valence electrons. The zero-order valence-corrected chi connectivity index (χ0v) is 22.3. The number of rotatable bonds is 10. The first kappa shape index (κ1) is 27.6. The first-order chi connectivity index (χ1) is 19.4. The van der Waals surface area contributed by atoms with Gasteiger partial charge in [-0.2, -0.15) is 5.26 Å². The van der Waals surface area contributed by atoms with Crippen LogP contribution in [0, 0.1) is 11.3 Å². The largest absolute Gasteiger partial charge is 0.497 e. The molecule has 0 spiro atoms. The summed E-state index contributed by atoms with van der Waals surface area (Å²) in [5, 5.41) is 12.6. The Morgan fingerprint density at radius 3 is 2.00 bits per heavy atom. The minimum Gasteiger partial charge on any atom is -0.497 e. The molecule has 1 aromatic heterocycles. The predicted molar refractivity (Wildman–Crippen MR) is 146 cm³/mol. The van der Waals surface area contributed by atoms with Crippen LogP contribution >= 0.6 is 0 Å². The molecule has 0 radical (unpaired) electrons. The molecule has 10 nitrogen and oxygen atoms in total. The van der Waals surface area contributed by atoms with Gasteiger partial charge in [-0.15, -0.1) is 0 Å². The molecule has 1 amide bonds. The van der Waals surface area contributed by atoms with Gasteiger partial charge in [0.15, 0.2) is 18.1 Å². The van der Waals surface area contributed by atoms with Gasteiger partial charge >= 0.3 is 5.97 Å². The number of methoxy groups -OCH3 is 4. The molecule has 4 aromatic rings.